The molecule has 1 aliphatic carbocycles. The molecular formula is C14H20N2S2. The molecule has 0 spiro atoms. The Bertz CT molecular complexity index is 474. The summed E-state index contributed by atoms with van der Waals surface area (Å²) >= 11 is 3.84. The molecule has 2 unspecified atom stereocenters. The van der Waals surface area contributed by atoms with Crippen molar-refractivity contribution in [1.82, 2.24) is 5.32 Å². The Labute approximate surface area is 117 Å². The molecule has 0 radical (unpaired) electrons. The summed E-state index contributed by atoms with van der Waals surface area (Å²) in [5.74, 6) is 0.943. The minimum atomic E-state index is 0.374. The third-order valence-electron chi connectivity index (χ3n) is 3.71. The zero-order chi connectivity index (χ0) is 12.7. The number of thiophene rings is 1. The smallest absolute Gasteiger partial charge is 0.157 e. The Morgan fingerprint density at radius 2 is 2.17 bits per heavy atom. The van der Waals surface area contributed by atoms with Gasteiger partial charge in [0.05, 0.1) is 12.6 Å². The predicted molar refractivity (Wildman–Crippen MR) is 81.7 cm³/mol. The maximum absolute atomic E-state index is 4.65. The van der Waals surface area contributed by atoms with Gasteiger partial charge in [-0.15, -0.1) is 11.3 Å². The van der Waals surface area contributed by atoms with Crippen molar-refractivity contribution in [1.29, 1.82) is 0 Å². The summed E-state index contributed by atoms with van der Waals surface area (Å²) in [4.78, 5) is 7.47. The van der Waals surface area contributed by atoms with E-state index in [-0.39, 0.29) is 0 Å². The van der Waals surface area contributed by atoms with Crippen LogP contribution >= 0.6 is 23.1 Å². The highest BCUT2D eigenvalue weighted by molar-refractivity contribution is 8.14. The van der Waals surface area contributed by atoms with Crippen molar-refractivity contribution in [2.45, 2.75) is 44.9 Å². The summed E-state index contributed by atoms with van der Waals surface area (Å²) in [5, 5.41) is 5.49. The molecule has 2 atom stereocenters. The molecular weight excluding hydrogens is 260 g/mol. The first-order valence-corrected chi connectivity index (χ1v) is 8.37. The Kier molecular flexibility index (Phi) is 3.41. The lowest BCUT2D eigenvalue weighted by Gasteiger charge is -2.15. The molecule has 2 heterocycles. The molecule has 1 aromatic rings. The van der Waals surface area contributed by atoms with Gasteiger partial charge in [-0.1, -0.05) is 11.8 Å². The highest BCUT2D eigenvalue weighted by Gasteiger charge is 2.35. The van der Waals surface area contributed by atoms with Crippen LogP contribution in [0.25, 0.3) is 0 Å². The van der Waals surface area contributed by atoms with E-state index in [9.17, 15) is 0 Å². The molecule has 2 aliphatic rings. The van der Waals surface area contributed by atoms with Gasteiger partial charge in [-0.25, -0.2) is 0 Å². The number of amidine groups is 1. The summed E-state index contributed by atoms with van der Waals surface area (Å²) in [6.45, 7) is 7.65. The first kappa shape index (κ1) is 12.5. The summed E-state index contributed by atoms with van der Waals surface area (Å²) < 4.78 is 0. The fraction of sp³-hybridized carbons (Fsp3) is 0.643. The second-order valence-electron chi connectivity index (χ2n) is 5.37. The zero-order valence-corrected chi connectivity index (χ0v) is 12.8. The SMILES string of the molecule is Cc1cc(C(C)NC2=NCC(C3CC3)S2)c(C)s1. The Balaban J connectivity index is 1.61. The van der Waals surface area contributed by atoms with E-state index in [1.807, 2.05) is 23.1 Å². The van der Waals surface area contributed by atoms with E-state index in [0.29, 0.717) is 6.04 Å². The Morgan fingerprint density at radius 1 is 1.39 bits per heavy atom. The topological polar surface area (TPSA) is 24.4 Å². The number of nitrogens with zero attached hydrogens (tertiary/aromatic N) is 1. The molecule has 1 aromatic heterocycles. The van der Waals surface area contributed by atoms with Gasteiger partial charge in [0.2, 0.25) is 0 Å². The van der Waals surface area contributed by atoms with Gasteiger partial charge in [0.15, 0.2) is 5.17 Å². The molecule has 3 rings (SSSR count). The van der Waals surface area contributed by atoms with Gasteiger partial charge in [0.1, 0.15) is 0 Å². The fourth-order valence-electron chi connectivity index (χ4n) is 2.53. The standard InChI is InChI=1S/C14H20N2S2/c1-8-6-12(10(3)17-8)9(2)16-14-15-7-13(18-14)11-4-5-11/h6,9,11,13H,4-5,7H2,1-3H3,(H,15,16). The first-order chi connectivity index (χ1) is 8.63. The minimum Gasteiger partial charge on any atom is -0.358 e. The van der Waals surface area contributed by atoms with Crippen molar-refractivity contribution in [2.75, 3.05) is 6.54 Å². The monoisotopic (exact) mass is 280 g/mol. The Hall–Kier alpha value is -0.480. The number of hydrogen-bond donors (Lipinski definition) is 1. The van der Waals surface area contributed by atoms with Gasteiger partial charge in [-0.3, -0.25) is 4.99 Å². The van der Waals surface area contributed by atoms with Crippen molar-refractivity contribution in [2.24, 2.45) is 10.9 Å². The molecule has 1 aliphatic heterocycles. The summed E-state index contributed by atoms with van der Waals surface area (Å²) in [6.07, 6.45) is 2.83. The van der Waals surface area contributed by atoms with E-state index in [0.717, 1.165) is 22.9 Å². The second kappa shape index (κ2) is 4.89. The lowest BCUT2D eigenvalue weighted by atomic mass is 10.1. The van der Waals surface area contributed by atoms with E-state index in [1.54, 1.807) is 0 Å². The van der Waals surface area contributed by atoms with Gasteiger partial charge in [-0.05, 0) is 51.2 Å². The molecule has 0 aromatic carbocycles. The first-order valence-electron chi connectivity index (χ1n) is 6.68. The number of nitrogens with one attached hydrogen (secondary N) is 1. The van der Waals surface area contributed by atoms with Crippen molar-refractivity contribution in [3.8, 4) is 0 Å². The molecule has 1 N–H and O–H groups in total. The molecule has 1 fully saturated rings. The molecule has 0 bridgehead atoms. The largest absolute Gasteiger partial charge is 0.358 e. The van der Waals surface area contributed by atoms with Crippen LogP contribution in [0.15, 0.2) is 11.1 Å². The predicted octanol–water partition coefficient (Wildman–Crippen LogP) is 3.90. The van der Waals surface area contributed by atoms with Crippen LogP contribution in [0.1, 0.15) is 41.1 Å². The second-order valence-corrected chi connectivity index (χ2v) is 8.06. The van der Waals surface area contributed by atoms with Crippen molar-refractivity contribution >= 4 is 28.3 Å². The highest BCUT2D eigenvalue weighted by atomic mass is 32.2. The van der Waals surface area contributed by atoms with Gasteiger partial charge < -0.3 is 5.32 Å². The van der Waals surface area contributed by atoms with Crippen molar-refractivity contribution in [3.05, 3.63) is 21.4 Å². The molecule has 1 saturated carbocycles. The van der Waals surface area contributed by atoms with E-state index in [4.69, 9.17) is 0 Å². The van der Waals surface area contributed by atoms with E-state index < -0.39 is 0 Å². The van der Waals surface area contributed by atoms with E-state index in [1.165, 1.54) is 28.2 Å². The summed E-state index contributed by atoms with van der Waals surface area (Å²) in [7, 11) is 0. The van der Waals surface area contributed by atoms with Crippen LogP contribution in [0.4, 0.5) is 0 Å². The molecule has 98 valence electrons. The number of rotatable bonds is 3. The summed E-state index contributed by atoms with van der Waals surface area (Å²) in [5.41, 5.74) is 1.43. The molecule has 0 amide bonds. The van der Waals surface area contributed by atoms with Crippen molar-refractivity contribution in [3.63, 3.8) is 0 Å². The van der Waals surface area contributed by atoms with E-state index in [2.05, 4.69) is 37.1 Å². The Morgan fingerprint density at radius 3 is 2.78 bits per heavy atom. The maximum atomic E-state index is 4.65. The van der Waals surface area contributed by atoms with E-state index >= 15 is 0 Å². The fourth-order valence-corrected chi connectivity index (χ4v) is 4.84. The van der Waals surface area contributed by atoms with Crippen LogP contribution in [0.3, 0.4) is 0 Å². The summed E-state index contributed by atoms with van der Waals surface area (Å²) in [6, 6.07) is 2.68. The minimum absolute atomic E-state index is 0.374. The van der Waals surface area contributed by atoms with Crippen LogP contribution in [0, 0.1) is 19.8 Å². The lowest BCUT2D eigenvalue weighted by Crippen LogP contribution is -2.23. The number of hydrogen-bond acceptors (Lipinski definition) is 4. The zero-order valence-electron chi connectivity index (χ0n) is 11.2. The molecule has 2 nitrogen and oxygen atoms in total. The maximum Gasteiger partial charge on any atom is 0.157 e. The average molecular weight is 280 g/mol. The molecule has 18 heavy (non-hydrogen) atoms. The quantitative estimate of drug-likeness (QED) is 0.908. The van der Waals surface area contributed by atoms with Crippen molar-refractivity contribution < 1.29 is 0 Å². The third-order valence-corrected chi connectivity index (χ3v) is 6.00. The normalized spacial score (nSPS) is 25.1. The van der Waals surface area contributed by atoms with Gasteiger partial charge in [0, 0.05) is 15.0 Å². The van der Waals surface area contributed by atoms with Crippen LogP contribution in [-0.2, 0) is 0 Å². The number of aliphatic imine (C=N–C) groups is 1. The molecule has 4 heteroatoms. The van der Waals surface area contributed by atoms with Crippen LogP contribution in [0.2, 0.25) is 0 Å². The molecule has 0 saturated heterocycles. The third kappa shape index (κ3) is 2.59. The van der Waals surface area contributed by atoms with Crippen LogP contribution in [0.5, 0.6) is 0 Å². The van der Waals surface area contributed by atoms with Gasteiger partial charge in [0.25, 0.3) is 0 Å². The van der Waals surface area contributed by atoms with Crippen LogP contribution in [-0.4, -0.2) is 17.0 Å². The van der Waals surface area contributed by atoms with Crippen LogP contribution < -0.4 is 5.32 Å². The van der Waals surface area contributed by atoms with Gasteiger partial charge >= 0.3 is 0 Å². The lowest BCUT2D eigenvalue weighted by molar-refractivity contribution is 0.719. The number of thioether (sulfide) groups is 1. The average Bonchev–Trinajstić information content (AvgIpc) is 2.97. The highest BCUT2D eigenvalue weighted by Crippen LogP contribution is 2.41. The van der Waals surface area contributed by atoms with Gasteiger partial charge in [-0.2, -0.15) is 0 Å². The number of aryl methyl sites for hydroxylation is 2.